The predicted octanol–water partition coefficient (Wildman–Crippen LogP) is 1.66. The quantitative estimate of drug-likeness (QED) is 0.684. The van der Waals surface area contributed by atoms with Crippen molar-refractivity contribution in [3.8, 4) is 0 Å². The lowest BCUT2D eigenvalue weighted by Crippen LogP contribution is -2.09. The molecule has 1 aliphatic carbocycles. The summed E-state index contributed by atoms with van der Waals surface area (Å²) < 4.78 is 17.8. The molecule has 0 amide bonds. The molecule has 0 saturated heterocycles. The van der Waals surface area contributed by atoms with Crippen molar-refractivity contribution in [2.75, 3.05) is 13.2 Å². The fraction of sp³-hybridized carbons (Fsp3) is 0.692. The van der Waals surface area contributed by atoms with E-state index in [2.05, 4.69) is 20.5 Å². The Hall–Kier alpha value is -1.80. The van der Waals surface area contributed by atoms with Crippen LogP contribution in [0.4, 0.5) is 0 Å². The van der Waals surface area contributed by atoms with Crippen LogP contribution in [0.1, 0.15) is 56.3 Å². The predicted molar refractivity (Wildman–Crippen MR) is 71.4 cm³/mol. The molecule has 0 bridgehead atoms. The molecule has 1 aliphatic rings. The molecule has 2 heterocycles. The summed E-state index contributed by atoms with van der Waals surface area (Å²) >= 11 is 0. The van der Waals surface area contributed by atoms with Gasteiger partial charge in [-0.1, -0.05) is 10.4 Å². The minimum atomic E-state index is -0.488. The van der Waals surface area contributed by atoms with Crippen LogP contribution in [0, 0.1) is 0 Å². The van der Waals surface area contributed by atoms with Crippen molar-refractivity contribution in [2.45, 2.75) is 45.4 Å². The van der Waals surface area contributed by atoms with Crippen molar-refractivity contribution >= 4 is 0 Å². The van der Waals surface area contributed by atoms with Gasteiger partial charge >= 0.3 is 0 Å². The number of nitrogens with zero attached hydrogens (tertiary/aromatic N) is 5. The van der Waals surface area contributed by atoms with E-state index in [1.807, 2.05) is 13.8 Å². The molecule has 8 nitrogen and oxygen atoms in total. The molecule has 0 unspecified atom stereocenters. The Morgan fingerprint density at radius 1 is 1.33 bits per heavy atom. The largest absolute Gasteiger partial charge is 0.347 e. The molecule has 8 heteroatoms. The fourth-order valence-corrected chi connectivity index (χ4v) is 2.00. The maximum Gasteiger partial charge on any atom is 0.248 e. The van der Waals surface area contributed by atoms with Crippen molar-refractivity contribution < 1.29 is 14.0 Å². The summed E-state index contributed by atoms with van der Waals surface area (Å²) in [5.74, 6) is 1.82. The molecule has 0 aliphatic heterocycles. The first-order valence-corrected chi connectivity index (χ1v) is 7.25. The molecule has 0 radical (unpaired) electrons. The van der Waals surface area contributed by atoms with Gasteiger partial charge in [0.15, 0.2) is 5.82 Å². The van der Waals surface area contributed by atoms with Gasteiger partial charge in [0.05, 0.1) is 6.20 Å². The summed E-state index contributed by atoms with van der Waals surface area (Å²) in [6.45, 7) is 5.32. The summed E-state index contributed by atoms with van der Waals surface area (Å²) in [5.41, 5.74) is 0.639. The first-order chi connectivity index (χ1) is 10.3. The van der Waals surface area contributed by atoms with Crippen LogP contribution in [0.5, 0.6) is 0 Å². The van der Waals surface area contributed by atoms with Gasteiger partial charge < -0.3 is 14.0 Å². The zero-order valence-corrected chi connectivity index (χ0v) is 12.2. The van der Waals surface area contributed by atoms with E-state index in [4.69, 9.17) is 14.0 Å². The second-order valence-corrected chi connectivity index (χ2v) is 4.90. The molecule has 1 fully saturated rings. The van der Waals surface area contributed by atoms with Crippen LogP contribution in [-0.2, 0) is 16.0 Å². The Balaban J connectivity index is 1.65. The van der Waals surface area contributed by atoms with E-state index in [9.17, 15) is 0 Å². The van der Waals surface area contributed by atoms with Gasteiger partial charge in [0.1, 0.15) is 12.2 Å². The minimum absolute atomic E-state index is 0.400. The Bertz CT molecular complexity index is 572. The first kappa shape index (κ1) is 14.2. The van der Waals surface area contributed by atoms with Crippen molar-refractivity contribution in [3.63, 3.8) is 0 Å². The van der Waals surface area contributed by atoms with E-state index in [1.54, 1.807) is 10.9 Å². The summed E-state index contributed by atoms with van der Waals surface area (Å²) in [6.07, 6.45) is 3.59. The Labute approximate surface area is 122 Å². The second-order valence-electron chi connectivity index (χ2n) is 4.90. The maximum atomic E-state index is 5.49. The van der Waals surface area contributed by atoms with Crippen LogP contribution in [0.15, 0.2) is 10.7 Å². The van der Waals surface area contributed by atoms with Crippen molar-refractivity contribution in [1.29, 1.82) is 0 Å². The van der Waals surface area contributed by atoms with Gasteiger partial charge in [-0.15, -0.1) is 5.10 Å². The SMILES string of the molecule is CCOC(OCC)c1cn(Cc2nc(C3CC3)no2)nn1. The number of hydrogen-bond donors (Lipinski definition) is 0. The maximum absolute atomic E-state index is 5.49. The summed E-state index contributed by atoms with van der Waals surface area (Å²) in [6, 6.07) is 0. The molecule has 114 valence electrons. The number of rotatable bonds is 8. The zero-order chi connectivity index (χ0) is 14.7. The van der Waals surface area contributed by atoms with Gasteiger partial charge in [-0.3, -0.25) is 0 Å². The summed E-state index contributed by atoms with van der Waals surface area (Å²) in [5, 5.41) is 12.1. The third-order valence-electron chi connectivity index (χ3n) is 3.16. The molecule has 2 aromatic rings. The van der Waals surface area contributed by atoms with Crippen LogP contribution < -0.4 is 0 Å². The zero-order valence-electron chi connectivity index (χ0n) is 12.2. The average Bonchev–Trinajstić information content (AvgIpc) is 3.05. The molecule has 3 rings (SSSR count). The number of hydrogen-bond acceptors (Lipinski definition) is 7. The Morgan fingerprint density at radius 2 is 2.10 bits per heavy atom. The Morgan fingerprint density at radius 3 is 2.76 bits per heavy atom. The van der Waals surface area contributed by atoms with Gasteiger partial charge in [0, 0.05) is 19.1 Å². The van der Waals surface area contributed by atoms with Crippen LogP contribution >= 0.6 is 0 Å². The molecule has 21 heavy (non-hydrogen) atoms. The third-order valence-corrected chi connectivity index (χ3v) is 3.16. The van der Waals surface area contributed by atoms with Crippen LogP contribution in [0.3, 0.4) is 0 Å². The standard InChI is InChI=1S/C13H19N5O3/c1-3-19-13(20-4-2)10-7-18(17-15-10)8-11-14-12(16-21-11)9-5-6-9/h7,9,13H,3-6,8H2,1-2H3. The van der Waals surface area contributed by atoms with Gasteiger partial charge in [0.25, 0.3) is 0 Å². The van der Waals surface area contributed by atoms with Gasteiger partial charge in [-0.25, -0.2) is 4.68 Å². The lowest BCUT2D eigenvalue weighted by molar-refractivity contribution is -0.142. The fourth-order valence-electron chi connectivity index (χ4n) is 2.00. The van der Waals surface area contributed by atoms with Gasteiger partial charge in [-0.2, -0.15) is 4.98 Å². The number of aromatic nitrogens is 5. The van der Waals surface area contributed by atoms with E-state index in [-0.39, 0.29) is 0 Å². The van der Waals surface area contributed by atoms with Crippen LogP contribution in [0.2, 0.25) is 0 Å². The molecule has 1 saturated carbocycles. The minimum Gasteiger partial charge on any atom is -0.347 e. The number of ether oxygens (including phenoxy) is 2. The highest BCUT2D eigenvalue weighted by Crippen LogP contribution is 2.38. The second kappa shape index (κ2) is 6.31. The molecular weight excluding hydrogens is 274 g/mol. The molecule has 0 spiro atoms. The summed E-state index contributed by atoms with van der Waals surface area (Å²) in [7, 11) is 0. The highest BCUT2D eigenvalue weighted by atomic mass is 16.7. The third kappa shape index (κ3) is 3.45. The highest BCUT2D eigenvalue weighted by Gasteiger charge is 2.28. The molecule has 0 N–H and O–H groups in total. The molecule has 0 aromatic carbocycles. The van der Waals surface area contributed by atoms with Gasteiger partial charge in [-0.05, 0) is 26.7 Å². The highest BCUT2D eigenvalue weighted by molar-refractivity contribution is 5.03. The van der Waals surface area contributed by atoms with Gasteiger partial charge in [0.2, 0.25) is 12.2 Å². The van der Waals surface area contributed by atoms with E-state index in [0.717, 1.165) is 18.7 Å². The molecule has 2 aromatic heterocycles. The van der Waals surface area contributed by atoms with Crippen LogP contribution in [0.25, 0.3) is 0 Å². The Kier molecular flexibility index (Phi) is 4.26. The van der Waals surface area contributed by atoms with Crippen molar-refractivity contribution in [2.24, 2.45) is 0 Å². The molecular formula is C13H19N5O3. The smallest absolute Gasteiger partial charge is 0.248 e. The van der Waals surface area contributed by atoms with E-state index < -0.39 is 6.29 Å². The topological polar surface area (TPSA) is 88.1 Å². The lowest BCUT2D eigenvalue weighted by atomic mass is 10.4. The normalized spacial score (nSPS) is 15.0. The van der Waals surface area contributed by atoms with E-state index in [0.29, 0.717) is 37.3 Å². The monoisotopic (exact) mass is 293 g/mol. The van der Waals surface area contributed by atoms with Crippen LogP contribution in [-0.4, -0.2) is 38.3 Å². The average molecular weight is 293 g/mol. The van der Waals surface area contributed by atoms with Crippen molar-refractivity contribution in [3.05, 3.63) is 23.6 Å². The molecule has 0 atom stereocenters. The summed E-state index contributed by atoms with van der Waals surface area (Å²) in [4.78, 5) is 4.37. The first-order valence-electron chi connectivity index (χ1n) is 7.25. The van der Waals surface area contributed by atoms with Crippen molar-refractivity contribution in [1.82, 2.24) is 25.1 Å². The van der Waals surface area contributed by atoms with E-state index >= 15 is 0 Å². The lowest BCUT2D eigenvalue weighted by Gasteiger charge is -2.13. The van der Waals surface area contributed by atoms with E-state index in [1.165, 1.54) is 0 Å².